The van der Waals surface area contributed by atoms with Crippen LogP contribution in [0.1, 0.15) is 6.92 Å². The molecule has 0 radical (unpaired) electrons. The minimum absolute atomic E-state index is 0.489. The molecular weight excluding hydrogens is 164 g/mol. The van der Waals surface area contributed by atoms with E-state index in [4.69, 9.17) is 0 Å². The van der Waals surface area contributed by atoms with Gasteiger partial charge in [0.25, 0.3) is 0 Å². The molecule has 3 heteroatoms. The van der Waals surface area contributed by atoms with E-state index < -0.39 is 6.23 Å². The minimum atomic E-state index is -0.489. The molecule has 2 rings (SSSR count). The SMILES string of the molecule is CCN1C(=C2C=CC=N2)C=CC1O. The molecule has 1 unspecified atom stereocenters. The maximum absolute atomic E-state index is 9.55. The molecule has 0 fully saturated rings. The molecule has 1 N–H and O–H groups in total. The number of aliphatic hydroxyl groups excluding tert-OH is 1. The predicted octanol–water partition coefficient (Wildman–Crippen LogP) is 1.05. The monoisotopic (exact) mass is 176 g/mol. The van der Waals surface area contributed by atoms with Gasteiger partial charge in [0, 0.05) is 12.8 Å². The molecule has 13 heavy (non-hydrogen) atoms. The van der Waals surface area contributed by atoms with Crippen molar-refractivity contribution in [1.29, 1.82) is 0 Å². The number of hydrogen-bond donors (Lipinski definition) is 1. The first-order chi connectivity index (χ1) is 6.33. The summed E-state index contributed by atoms with van der Waals surface area (Å²) in [7, 11) is 0. The van der Waals surface area contributed by atoms with Crippen LogP contribution in [0.3, 0.4) is 0 Å². The zero-order chi connectivity index (χ0) is 9.26. The van der Waals surface area contributed by atoms with Crippen LogP contribution in [0.4, 0.5) is 0 Å². The molecule has 0 aliphatic carbocycles. The van der Waals surface area contributed by atoms with E-state index in [2.05, 4.69) is 4.99 Å². The third-order valence-electron chi connectivity index (χ3n) is 2.21. The second-order valence-electron chi connectivity index (χ2n) is 2.97. The van der Waals surface area contributed by atoms with E-state index in [1.165, 1.54) is 0 Å². The van der Waals surface area contributed by atoms with Crippen molar-refractivity contribution in [3.05, 3.63) is 35.7 Å². The number of aliphatic imine (C=N–C) groups is 1. The van der Waals surface area contributed by atoms with Gasteiger partial charge in [-0.05, 0) is 31.2 Å². The van der Waals surface area contributed by atoms with Crippen LogP contribution < -0.4 is 0 Å². The molecule has 0 aromatic carbocycles. The summed E-state index contributed by atoms with van der Waals surface area (Å²) in [5.41, 5.74) is 1.93. The van der Waals surface area contributed by atoms with Crippen LogP contribution in [0, 0.1) is 0 Å². The topological polar surface area (TPSA) is 35.8 Å². The molecule has 0 saturated carbocycles. The van der Waals surface area contributed by atoms with Gasteiger partial charge in [-0.1, -0.05) is 0 Å². The average Bonchev–Trinajstić information content (AvgIpc) is 2.71. The normalized spacial score (nSPS) is 30.9. The van der Waals surface area contributed by atoms with Crippen LogP contribution in [-0.2, 0) is 0 Å². The molecule has 0 amide bonds. The molecule has 0 saturated heterocycles. The highest BCUT2D eigenvalue weighted by Crippen LogP contribution is 2.23. The Morgan fingerprint density at radius 3 is 3.00 bits per heavy atom. The highest BCUT2D eigenvalue weighted by atomic mass is 16.3. The van der Waals surface area contributed by atoms with Gasteiger partial charge in [0.1, 0.15) is 6.23 Å². The number of aliphatic hydroxyl groups is 1. The molecule has 3 nitrogen and oxygen atoms in total. The molecule has 68 valence electrons. The largest absolute Gasteiger partial charge is 0.370 e. The van der Waals surface area contributed by atoms with Gasteiger partial charge in [0.15, 0.2) is 0 Å². The van der Waals surface area contributed by atoms with Crippen molar-refractivity contribution in [1.82, 2.24) is 4.90 Å². The van der Waals surface area contributed by atoms with Crippen LogP contribution in [0.5, 0.6) is 0 Å². The third kappa shape index (κ3) is 1.31. The van der Waals surface area contributed by atoms with E-state index in [0.717, 1.165) is 17.9 Å². The maximum atomic E-state index is 9.55. The van der Waals surface area contributed by atoms with Gasteiger partial charge in [0.05, 0.1) is 11.4 Å². The first-order valence-corrected chi connectivity index (χ1v) is 4.41. The van der Waals surface area contributed by atoms with Gasteiger partial charge in [-0.15, -0.1) is 0 Å². The summed E-state index contributed by atoms with van der Waals surface area (Å²) in [6.45, 7) is 2.80. The van der Waals surface area contributed by atoms with Crippen molar-refractivity contribution in [2.24, 2.45) is 4.99 Å². The first-order valence-electron chi connectivity index (χ1n) is 4.41. The highest BCUT2D eigenvalue weighted by molar-refractivity contribution is 5.77. The summed E-state index contributed by atoms with van der Waals surface area (Å²) in [6.07, 6.45) is 8.80. The zero-order valence-electron chi connectivity index (χ0n) is 7.51. The molecule has 0 aromatic heterocycles. The van der Waals surface area contributed by atoms with Gasteiger partial charge in [-0.25, -0.2) is 0 Å². The number of nitrogens with zero attached hydrogens (tertiary/aromatic N) is 2. The molecule has 0 spiro atoms. The van der Waals surface area contributed by atoms with Gasteiger partial charge in [-0.3, -0.25) is 4.99 Å². The second kappa shape index (κ2) is 3.18. The minimum Gasteiger partial charge on any atom is -0.370 e. The average molecular weight is 176 g/mol. The van der Waals surface area contributed by atoms with Crippen molar-refractivity contribution in [2.45, 2.75) is 13.2 Å². The van der Waals surface area contributed by atoms with Crippen LogP contribution in [0.2, 0.25) is 0 Å². The fourth-order valence-electron chi connectivity index (χ4n) is 1.56. The lowest BCUT2D eigenvalue weighted by atomic mass is 10.3. The second-order valence-corrected chi connectivity index (χ2v) is 2.97. The van der Waals surface area contributed by atoms with Crippen LogP contribution >= 0.6 is 0 Å². The van der Waals surface area contributed by atoms with E-state index in [0.29, 0.717) is 0 Å². The number of hydrogen-bond acceptors (Lipinski definition) is 3. The predicted molar refractivity (Wildman–Crippen MR) is 52.2 cm³/mol. The highest BCUT2D eigenvalue weighted by Gasteiger charge is 2.21. The van der Waals surface area contributed by atoms with Crippen LogP contribution in [0.15, 0.2) is 40.7 Å². The first kappa shape index (κ1) is 8.26. The Balaban J connectivity index is 2.34. The van der Waals surface area contributed by atoms with E-state index >= 15 is 0 Å². The molecule has 0 aromatic rings. The van der Waals surface area contributed by atoms with Crippen molar-refractivity contribution >= 4 is 6.21 Å². The summed E-state index contributed by atoms with van der Waals surface area (Å²) >= 11 is 0. The molecule has 1 atom stereocenters. The van der Waals surface area contributed by atoms with E-state index in [-0.39, 0.29) is 0 Å². The lowest BCUT2D eigenvalue weighted by Crippen LogP contribution is -2.28. The Morgan fingerprint density at radius 2 is 2.38 bits per heavy atom. The Kier molecular flexibility index (Phi) is 2.02. The maximum Gasteiger partial charge on any atom is 0.146 e. The third-order valence-corrected chi connectivity index (χ3v) is 2.21. The number of allylic oxidation sites excluding steroid dienone is 3. The summed E-state index contributed by atoms with van der Waals surface area (Å²) in [6, 6.07) is 0. The smallest absolute Gasteiger partial charge is 0.146 e. The van der Waals surface area contributed by atoms with E-state index in [9.17, 15) is 5.11 Å². The number of rotatable bonds is 1. The fraction of sp³-hybridized carbons (Fsp3) is 0.300. The van der Waals surface area contributed by atoms with Crippen LogP contribution in [0.25, 0.3) is 0 Å². The molecule has 2 aliphatic heterocycles. The summed E-state index contributed by atoms with van der Waals surface area (Å²) in [5, 5.41) is 9.55. The van der Waals surface area contributed by atoms with Gasteiger partial charge >= 0.3 is 0 Å². The molecule has 2 heterocycles. The van der Waals surface area contributed by atoms with Crippen molar-refractivity contribution in [3.8, 4) is 0 Å². The van der Waals surface area contributed by atoms with E-state index in [1.54, 1.807) is 12.3 Å². The Bertz CT molecular complexity index is 312. The zero-order valence-corrected chi connectivity index (χ0v) is 7.51. The molecular formula is C10H12N2O. The van der Waals surface area contributed by atoms with Crippen molar-refractivity contribution < 1.29 is 5.11 Å². The fourth-order valence-corrected chi connectivity index (χ4v) is 1.56. The summed E-state index contributed by atoms with van der Waals surface area (Å²) < 4.78 is 0. The van der Waals surface area contributed by atoms with Gasteiger partial charge < -0.3 is 10.0 Å². The quantitative estimate of drug-likeness (QED) is 0.648. The lowest BCUT2D eigenvalue weighted by molar-refractivity contribution is 0.0857. The van der Waals surface area contributed by atoms with E-state index in [1.807, 2.05) is 30.1 Å². The standard InChI is InChI=1S/C10H12N2O/c1-2-12-9(5-6-10(12)13)8-4-3-7-11-8/h3-7,10,13H,2H2,1H3. The summed E-state index contributed by atoms with van der Waals surface area (Å²) in [5.74, 6) is 0. The van der Waals surface area contributed by atoms with Gasteiger partial charge in [0.2, 0.25) is 0 Å². The summed E-state index contributed by atoms with van der Waals surface area (Å²) in [4.78, 5) is 6.09. The van der Waals surface area contributed by atoms with Crippen LogP contribution in [-0.4, -0.2) is 29.0 Å². The van der Waals surface area contributed by atoms with Crippen molar-refractivity contribution in [2.75, 3.05) is 6.54 Å². The molecule has 0 bridgehead atoms. The Labute approximate surface area is 77.4 Å². The lowest BCUT2D eigenvalue weighted by Gasteiger charge is -2.22. The van der Waals surface area contributed by atoms with Gasteiger partial charge in [-0.2, -0.15) is 0 Å². The Morgan fingerprint density at radius 1 is 1.54 bits per heavy atom. The molecule has 2 aliphatic rings. The Hall–Kier alpha value is -1.35. The number of likely N-dealkylation sites (N-methyl/N-ethyl adjacent to an activating group) is 1. The van der Waals surface area contributed by atoms with Crippen molar-refractivity contribution in [3.63, 3.8) is 0 Å².